The van der Waals surface area contributed by atoms with Gasteiger partial charge in [-0.15, -0.1) is 0 Å². The number of furan rings is 1. The average Bonchev–Trinajstić information content (AvgIpc) is 3.42. The van der Waals surface area contributed by atoms with Crippen LogP contribution in [0.15, 0.2) is 46.0 Å². The molecule has 2 aromatic heterocycles. The predicted octanol–water partition coefficient (Wildman–Crippen LogP) is 1.99. The van der Waals surface area contributed by atoms with Crippen LogP contribution in [0.2, 0.25) is 0 Å². The summed E-state index contributed by atoms with van der Waals surface area (Å²) in [6.45, 7) is 1.21. The van der Waals surface area contributed by atoms with Crippen molar-refractivity contribution in [1.29, 1.82) is 0 Å². The summed E-state index contributed by atoms with van der Waals surface area (Å²) in [6, 6.07) is 9.34. The van der Waals surface area contributed by atoms with Crippen molar-refractivity contribution >= 4 is 5.96 Å². The van der Waals surface area contributed by atoms with Gasteiger partial charge in [0.15, 0.2) is 11.7 Å². The molecule has 3 N–H and O–H groups in total. The maximum atomic E-state index is 5.42. The summed E-state index contributed by atoms with van der Waals surface area (Å²) in [4.78, 5) is 8.66. The Kier molecular flexibility index (Phi) is 6.50. The van der Waals surface area contributed by atoms with Crippen molar-refractivity contribution < 1.29 is 13.9 Å². The van der Waals surface area contributed by atoms with E-state index in [4.69, 9.17) is 13.9 Å². The van der Waals surface area contributed by atoms with Crippen molar-refractivity contribution in [3.63, 3.8) is 0 Å². The number of rotatable bonds is 8. The van der Waals surface area contributed by atoms with Crippen molar-refractivity contribution in [3.8, 4) is 23.1 Å². The molecule has 148 valence electrons. The number of H-pyrrole nitrogens is 1. The fraction of sp³-hybridized carbons (Fsp3) is 0.316. The van der Waals surface area contributed by atoms with E-state index in [1.807, 2.05) is 24.3 Å². The Hall–Kier alpha value is -3.49. The zero-order chi connectivity index (χ0) is 19.8. The summed E-state index contributed by atoms with van der Waals surface area (Å²) in [5, 5.41) is 13.6. The Bertz CT molecular complexity index is 904. The largest absolute Gasteiger partial charge is 0.497 e. The lowest BCUT2D eigenvalue weighted by molar-refractivity contribution is 0.390. The van der Waals surface area contributed by atoms with Crippen LogP contribution in [-0.4, -0.2) is 49.0 Å². The molecule has 1 aromatic carbocycles. The molecular weight excluding hydrogens is 360 g/mol. The van der Waals surface area contributed by atoms with Crippen LogP contribution in [0.3, 0.4) is 0 Å². The number of methoxy groups -OCH3 is 2. The number of ether oxygens (including phenoxy) is 2. The highest BCUT2D eigenvalue weighted by atomic mass is 16.5. The number of guanidine groups is 1. The summed E-state index contributed by atoms with van der Waals surface area (Å²) in [5.41, 5.74) is 1.00. The highest BCUT2D eigenvalue weighted by Gasteiger charge is 2.09. The molecule has 9 nitrogen and oxygen atoms in total. The first-order chi connectivity index (χ1) is 13.7. The highest BCUT2D eigenvalue weighted by Crippen LogP contribution is 2.24. The lowest BCUT2D eigenvalue weighted by Gasteiger charge is -2.14. The van der Waals surface area contributed by atoms with E-state index in [0.717, 1.165) is 22.9 Å². The van der Waals surface area contributed by atoms with E-state index in [1.165, 1.54) is 0 Å². The maximum absolute atomic E-state index is 5.42. The number of hydrogen-bond acceptors (Lipinski definition) is 6. The van der Waals surface area contributed by atoms with Gasteiger partial charge in [-0.3, -0.25) is 10.1 Å². The molecule has 0 saturated heterocycles. The highest BCUT2D eigenvalue weighted by molar-refractivity contribution is 5.79. The number of aromatic amines is 1. The van der Waals surface area contributed by atoms with Gasteiger partial charge in [0.05, 0.1) is 20.5 Å². The van der Waals surface area contributed by atoms with Crippen LogP contribution in [-0.2, 0) is 13.0 Å². The fourth-order valence-electron chi connectivity index (χ4n) is 2.62. The van der Waals surface area contributed by atoms with Gasteiger partial charge in [0.1, 0.15) is 17.3 Å². The fourth-order valence-corrected chi connectivity index (χ4v) is 2.62. The van der Waals surface area contributed by atoms with Gasteiger partial charge < -0.3 is 24.5 Å². The number of hydrogen-bond donors (Lipinski definition) is 3. The zero-order valence-corrected chi connectivity index (χ0v) is 16.2. The van der Waals surface area contributed by atoms with Crippen molar-refractivity contribution in [2.24, 2.45) is 4.99 Å². The van der Waals surface area contributed by atoms with Gasteiger partial charge in [-0.1, -0.05) is 0 Å². The van der Waals surface area contributed by atoms with Crippen LogP contribution < -0.4 is 20.1 Å². The Morgan fingerprint density at radius 3 is 2.82 bits per heavy atom. The van der Waals surface area contributed by atoms with E-state index in [9.17, 15) is 0 Å². The molecule has 0 aliphatic rings. The second kappa shape index (κ2) is 9.45. The number of nitrogens with zero attached hydrogens (tertiary/aromatic N) is 3. The summed E-state index contributed by atoms with van der Waals surface area (Å²) < 4.78 is 15.9. The van der Waals surface area contributed by atoms with Crippen LogP contribution in [0.4, 0.5) is 0 Å². The van der Waals surface area contributed by atoms with Gasteiger partial charge in [-0.05, 0) is 24.3 Å². The molecule has 0 fully saturated rings. The van der Waals surface area contributed by atoms with E-state index in [2.05, 4.69) is 30.8 Å². The van der Waals surface area contributed by atoms with E-state index < -0.39 is 0 Å². The topological polar surface area (TPSA) is 110 Å². The third-order valence-corrected chi connectivity index (χ3v) is 4.09. The molecule has 0 unspecified atom stereocenters. The molecule has 3 rings (SSSR count). The van der Waals surface area contributed by atoms with Crippen molar-refractivity contribution in [2.45, 2.75) is 13.0 Å². The van der Waals surface area contributed by atoms with Gasteiger partial charge in [0.2, 0.25) is 5.82 Å². The van der Waals surface area contributed by atoms with Gasteiger partial charge in [0, 0.05) is 38.2 Å². The van der Waals surface area contributed by atoms with Crippen LogP contribution in [0.1, 0.15) is 11.4 Å². The minimum atomic E-state index is 0.550. The minimum absolute atomic E-state index is 0.550. The first kappa shape index (κ1) is 19.3. The molecule has 0 atom stereocenters. The molecule has 0 amide bonds. The monoisotopic (exact) mass is 384 g/mol. The second-order valence-corrected chi connectivity index (χ2v) is 5.86. The van der Waals surface area contributed by atoms with Crippen molar-refractivity contribution in [1.82, 2.24) is 25.8 Å². The SMILES string of the molecule is CN=C(NCCc1nc(-c2ccco2)n[nH]1)NCc1ccc(OC)cc1OC. The van der Waals surface area contributed by atoms with Crippen LogP contribution in [0.25, 0.3) is 11.6 Å². The molecule has 9 heteroatoms. The summed E-state index contributed by atoms with van der Waals surface area (Å²) in [6.07, 6.45) is 2.26. The molecule has 28 heavy (non-hydrogen) atoms. The summed E-state index contributed by atoms with van der Waals surface area (Å²) >= 11 is 0. The van der Waals surface area contributed by atoms with Crippen molar-refractivity contribution in [3.05, 3.63) is 48.0 Å². The lowest BCUT2D eigenvalue weighted by atomic mass is 10.2. The van der Waals surface area contributed by atoms with Crippen molar-refractivity contribution in [2.75, 3.05) is 27.8 Å². The van der Waals surface area contributed by atoms with E-state index >= 15 is 0 Å². The molecule has 0 aliphatic carbocycles. The number of benzene rings is 1. The molecule has 2 heterocycles. The normalized spacial score (nSPS) is 11.3. The Labute approximate surface area is 163 Å². The second-order valence-electron chi connectivity index (χ2n) is 5.86. The van der Waals surface area contributed by atoms with E-state index in [0.29, 0.717) is 37.1 Å². The Morgan fingerprint density at radius 2 is 2.11 bits per heavy atom. The third-order valence-electron chi connectivity index (χ3n) is 4.09. The van der Waals surface area contributed by atoms with Gasteiger partial charge in [0.25, 0.3) is 0 Å². The molecule has 0 spiro atoms. The molecule has 0 bridgehead atoms. The molecule has 3 aromatic rings. The van der Waals surface area contributed by atoms with E-state index in [1.54, 1.807) is 33.6 Å². The lowest BCUT2D eigenvalue weighted by Crippen LogP contribution is -2.38. The van der Waals surface area contributed by atoms with Crippen LogP contribution in [0, 0.1) is 0 Å². The van der Waals surface area contributed by atoms with Gasteiger partial charge in [-0.25, -0.2) is 4.98 Å². The Balaban J connectivity index is 1.49. The quantitative estimate of drug-likeness (QED) is 0.402. The number of aromatic nitrogens is 3. The zero-order valence-electron chi connectivity index (χ0n) is 16.2. The summed E-state index contributed by atoms with van der Waals surface area (Å²) in [5.74, 6) is 4.16. The average molecular weight is 384 g/mol. The molecule has 0 radical (unpaired) electrons. The number of aliphatic imine (C=N–C) groups is 1. The third kappa shape index (κ3) is 4.81. The first-order valence-corrected chi connectivity index (χ1v) is 8.84. The maximum Gasteiger partial charge on any atom is 0.216 e. The van der Waals surface area contributed by atoms with E-state index in [-0.39, 0.29) is 0 Å². The minimum Gasteiger partial charge on any atom is -0.497 e. The standard InChI is InChI=1S/C19H24N6O3/c1-20-19(22-12-13-6-7-14(26-2)11-16(13)27-3)21-9-8-17-23-18(25-24-17)15-5-4-10-28-15/h4-7,10-11H,8-9,12H2,1-3H3,(H2,20,21,22)(H,23,24,25). The van der Waals surface area contributed by atoms with Crippen LogP contribution >= 0.6 is 0 Å². The molecule has 0 aliphatic heterocycles. The van der Waals surface area contributed by atoms with Gasteiger partial charge >= 0.3 is 0 Å². The first-order valence-electron chi connectivity index (χ1n) is 8.84. The molecule has 0 saturated carbocycles. The van der Waals surface area contributed by atoms with Crippen LogP contribution in [0.5, 0.6) is 11.5 Å². The number of nitrogens with one attached hydrogen (secondary N) is 3. The Morgan fingerprint density at radius 1 is 1.21 bits per heavy atom. The van der Waals surface area contributed by atoms with Gasteiger partial charge in [-0.2, -0.15) is 5.10 Å². The smallest absolute Gasteiger partial charge is 0.216 e. The summed E-state index contributed by atoms with van der Waals surface area (Å²) in [7, 11) is 4.99. The predicted molar refractivity (Wildman–Crippen MR) is 106 cm³/mol. The molecular formula is C19H24N6O3.